The van der Waals surface area contributed by atoms with Gasteiger partial charge in [0, 0.05) is 56.1 Å². The molecule has 0 aliphatic carbocycles. The van der Waals surface area contributed by atoms with E-state index in [0.717, 1.165) is 59.6 Å². The van der Waals surface area contributed by atoms with Crippen LogP contribution in [0.3, 0.4) is 0 Å². The fourth-order valence-electron chi connectivity index (χ4n) is 4.94. The van der Waals surface area contributed by atoms with Gasteiger partial charge in [0.2, 0.25) is 0 Å². The molecule has 0 saturated carbocycles. The van der Waals surface area contributed by atoms with E-state index in [9.17, 15) is 4.79 Å². The Morgan fingerprint density at radius 2 is 1.65 bits per heavy atom. The van der Waals surface area contributed by atoms with Crippen LogP contribution in [-0.4, -0.2) is 67.4 Å². The number of halogens is 1. The zero-order valence-corrected chi connectivity index (χ0v) is 22.2. The van der Waals surface area contributed by atoms with E-state index in [4.69, 9.17) is 21.1 Å². The maximum absolute atomic E-state index is 12.2. The van der Waals surface area contributed by atoms with Gasteiger partial charge in [0.25, 0.3) is 0 Å². The molecule has 0 bridgehead atoms. The number of carbonyl (C=O) groups is 1. The molecule has 0 amide bonds. The smallest absolute Gasteiger partial charge is 0.338 e. The highest BCUT2D eigenvalue weighted by Crippen LogP contribution is 2.43. The predicted molar refractivity (Wildman–Crippen MR) is 148 cm³/mol. The Morgan fingerprint density at radius 3 is 2.30 bits per heavy atom. The molecule has 7 nitrogen and oxygen atoms in total. The standard InChI is InChI=1S/C29H31ClN4O3/c1-4-37-29(35)22-7-5-20(6-8-22)25-26-24(30)13-14-31-28(26)34(19-36-3)27(25)21-9-11-23(12-10-21)33-17-15-32(2)16-18-33/h5-14H,4,15-19H2,1-3H3. The number of fused-ring (bicyclic) bond motifs is 1. The molecule has 0 radical (unpaired) electrons. The van der Waals surface area contributed by atoms with Gasteiger partial charge in [-0.25, -0.2) is 9.78 Å². The number of likely N-dealkylation sites (N-methyl/N-ethyl adjacent to an activating group) is 1. The minimum atomic E-state index is -0.338. The Morgan fingerprint density at radius 1 is 0.973 bits per heavy atom. The molecule has 192 valence electrons. The van der Waals surface area contributed by atoms with Gasteiger partial charge in [-0.1, -0.05) is 35.9 Å². The van der Waals surface area contributed by atoms with Gasteiger partial charge in [-0.15, -0.1) is 0 Å². The maximum atomic E-state index is 12.2. The van der Waals surface area contributed by atoms with Gasteiger partial charge < -0.3 is 23.8 Å². The van der Waals surface area contributed by atoms with Crippen LogP contribution in [0.1, 0.15) is 17.3 Å². The van der Waals surface area contributed by atoms with Gasteiger partial charge in [0.05, 0.1) is 22.9 Å². The highest BCUT2D eigenvalue weighted by atomic mass is 35.5. The number of methoxy groups -OCH3 is 1. The first-order valence-electron chi connectivity index (χ1n) is 12.5. The Bertz CT molecular complexity index is 1390. The first-order chi connectivity index (χ1) is 18.0. The average Bonchev–Trinajstić information content (AvgIpc) is 3.25. The van der Waals surface area contributed by atoms with E-state index in [0.29, 0.717) is 23.9 Å². The molecule has 2 aromatic carbocycles. The van der Waals surface area contributed by atoms with E-state index in [1.165, 1.54) is 5.69 Å². The second-order valence-corrected chi connectivity index (χ2v) is 9.60. The van der Waals surface area contributed by atoms with E-state index in [1.807, 2.05) is 12.1 Å². The van der Waals surface area contributed by atoms with Crippen LogP contribution in [0.25, 0.3) is 33.4 Å². The third-order valence-corrected chi connectivity index (χ3v) is 7.16. The van der Waals surface area contributed by atoms with Gasteiger partial charge in [-0.2, -0.15) is 0 Å². The second kappa shape index (κ2) is 10.9. The molecule has 8 heteroatoms. The average molecular weight is 519 g/mol. The number of ether oxygens (including phenoxy) is 2. The van der Waals surface area contributed by atoms with E-state index < -0.39 is 0 Å². The highest BCUT2D eigenvalue weighted by molar-refractivity contribution is 6.37. The van der Waals surface area contributed by atoms with Crippen LogP contribution < -0.4 is 4.90 Å². The number of anilines is 1. The number of carbonyl (C=O) groups excluding carboxylic acids is 1. The van der Waals surface area contributed by atoms with Crippen molar-refractivity contribution < 1.29 is 14.3 Å². The molecule has 5 rings (SSSR count). The summed E-state index contributed by atoms with van der Waals surface area (Å²) in [5, 5.41) is 1.46. The van der Waals surface area contributed by atoms with Crippen LogP contribution in [0.4, 0.5) is 5.69 Å². The summed E-state index contributed by atoms with van der Waals surface area (Å²) in [6.07, 6.45) is 1.71. The third kappa shape index (κ3) is 4.94. The number of pyridine rings is 1. The SMILES string of the molecule is CCOC(=O)c1ccc(-c2c(-c3ccc(N4CCN(C)CC4)cc3)n(COC)c3nccc(Cl)c23)cc1. The van der Waals surface area contributed by atoms with E-state index >= 15 is 0 Å². The molecule has 4 aromatic rings. The summed E-state index contributed by atoms with van der Waals surface area (Å²) in [5.41, 5.74) is 6.35. The van der Waals surface area contributed by atoms with Crippen molar-refractivity contribution >= 4 is 34.3 Å². The van der Waals surface area contributed by atoms with Crippen molar-refractivity contribution in [2.45, 2.75) is 13.7 Å². The fourth-order valence-corrected chi connectivity index (χ4v) is 5.18. The molecular weight excluding hydrogens is 488 g/mol. The van der Waals surface area contributed by atoms with Gasteiger partial charge >= 0.3 is 5.97 Å². The number of esters is 1. The largest absolute Gasteiger partial charge is 0.462 e. The number of piperazine rings is 1. The van der Waals surface area contributed by atoms with E-state index in [2.05, 4.69) is 50.7 Å². The third-order valence-electron chi connectivity index (χ3n) is 6.84. The zero-order chi connectivity index (χ0) is 25.9. The Hall–Kier alpha value is -3.39. The molecular formula is C29H31ClN4O3. The van der Waals surface area contributed by atoms with Crippen molar-refractivity contribution in [3.63, 3.8) is 0 Å². The van der Waals surface area contributed by atoms with Crippen molar-refractivity contribution in [1.29, 1.82) is 0 Å². The van der Waals surface area contributed by atoms with Gasteiger partial charge in [0.15, 0.2) is 0 Å². The molecule has 1 aliphatic heterocycles. The molecule has 2 aromatic heterocycles. The van der Waals surface area contributed by atoms with Gasteiger partial charge in [-0.05, 0) is 55.4 Å². The first-order valence-corrected chi connectivity index (χ1v) is 12.9. The minimum absolute atomic E-state index is 0.320. The molecule has 0 spiro atoms. The lowest BCUT2D eigenvalue weighted by Crippen LogP contribution is -2.44. The van der Waals surface area contributed by atoms with Crippen molar-refractivity contribution in [3.05, 3.63) is 71.4 Å². The molecule has 1 saturated heterocycles. The predicted octanol–water partition coefficient (Wildman–Crippen LogP) is 5.56. The molecule has 1 fully saturated rings. The van der Waals surface area contributed by atoms with Crippen LogP contribution in [0.15, 0.2) is 60.8 Å². The van der Waals surface area contributed by atoms with Crippen molar-refractivity contribution in [2.75, 3.05) is 51.8 Å². The van der Waals surface area contributed by atoms with E-state index in [-0.39, 0.29) is 5.97 Å². The number of aromatic nitrogens is 2. The summed E-state index contributed by atoms with van der Waals surface area (Å²) in [4.78, 5) is 21.7. The lowest BCUT2D eigenvalue weighted by atomic mass is 9.97. The van der Waals surface area contributed by atoms with Crippen LogP contribution in [0, 0.1) is 0 Å². The summed E-state index contributed by atoms with van der Waals surface area (Å²) >= 11 is 6.77. The molecule has 3 heterocycles. The van der Waals surface area contributed by atoms with E-state index in [1.54, 1.807) is 38.4 Å². The summed E-state index contributed by atoms with van der Waals surface area (Å²) < 4.78 is 12.8. The zero-order valence-electron chi connectivity index (χ0n) is 21.4. The lowest BCUT2D eigenvalue weighted by Gasteiger charge is -2.34. The maximum Gasteiger partial charge on any atom is 0.338 e. The summed E-state index contributed by atoms with van der Waals surface area (Å²) in [5.74, 6) is -0.338. The van der Waals surface area contributed by atoms with Crippen LogP contribution in [0.2, 0.25) is 5.02 Å². The molecule has 1 aliphatic rings. The normalized spacial score (nSPS) is 14.3. The molecule has 0 atom stereocenters. The molecule has 37 heavy (non-hydrogen) atoms. The van der Waals surface area contributed by atoms with Gasteiger partial charge in [-0.3, -0.25) is 0 Å². The van der Waals surface area contributed by atoms with Crippen LogP contribution in [0.5, 0.6) is 0 Å². The lowest BCUT2D eigenvalue weighted by molar-refractivity contribution is 0.0526. The number of hydrogen-bond acceptors (Lipinski definition) is 6. The number of rotatable bonds is 7. The van der Waals surface area contributed by atoms with Crippen molar-refractivity contribution in [3.8, 4) is 22.4 Å². The number of benzene rings is 2. The molecule has 0 unspecified atom stereocenters. The van der Waals surface area contributed by atoms with Crippen LogP contribution in [-0.2, 0) is 16.2 Å². The fraction of sp³-hybridized carbons (Fsp3) is 0.310. The topological polar surface area (TPSA) is 59.8 Å². The van der Waals surface area contributed by atoms with Gasteiger partial charge in [0.1, 0.15) is 12.4 Å². The van der Waals surface area contributed by atoms with Crippen molar-refractivity contribution in [1.82, 2.24) is 14.5 Å². The quantitative estimate of drug-likeness (QED) is 0.299. The Balaban J connectivity index is 1.64. The summed E-state index contributed by atoms with van der Waals surface area (Å²) in [7, 11) is 3.83. The number of hydrogen-bond donors (Lipinski definition) is 0. The van der Waals surface area contributed by atoms with Crippen molar-refractivity contribution in [2.24, 2.45) is 0 Å². The summed E-state index contributed by atoms with van der Waals surface area (Å²) in [6, 6.07) is 17.9. The monoisotopic (exact) mass is 518 g/mol. The molecule has 0 N–H and O–H groups in total. The highest BCUT2D eigenvalue weighted by Gasteiger charge is 2.24. The first kappa shape index (κ1) is 25.3. The number of nitrogens with zero attached hydrogens (tertiary/aromatic N) is 4. The van der Waals surface area contributed by atoms with Crippen LogP contribution >= 0.6 is 11.6 Å². The second-order valence-electron chi connectivity index (χ2n) is 9.20. The Labute approximate surface area is 222 Å². The summed E-state index contributed by atoms with van der Waals surface area (Å²) in [6.45, 7) is 6.59. The Kier molecular flexibility index (Phi) is 7.46. The minimum Gasteiger partial charge on any atom is -0.462 e.